The number of nitrogens with one attached hydrogen (secondary N) is 2. The number of urea groups is 1. The Labute approximate surface area is 115 Å². The van der Waals surface area contributed by atoms with E-state index in [1.807, 2.05) is 0 Å². The van der Waals surface area contributed by atoms with E-state index in [0.717, 1.165) is 6.42 Å². The second-order valence-electron chi connectivity index (χ2n) is 5.04. The quantitative estimate of drug-likeness (QED) is 0.600. The number of carbonyl (C=O) groups is 4. The molecule has 4 amide bonds. The Morgan fingerprint density at radius 1 is 1.35 bits per heavy atom. The van der Waals surface area contributed by atoms with Gasteiger partial charge in [-0.3, -0.25) is 19.7 Å². The zero-order chi connectivity index (χ0) is 14.7. The lowest BCUT2D eigenvalue weighted by atomic mass is 10.1. The molecular formula is C12H17N3O5. The van der Waals surface area contributed by atoms with Crippen LogP contribution in [0.25, 0.3) is 0 Å². The van der Waals surface area contributed by atoms with Crippen molar-refractivity contribution in [3.05, 3.63) is 0 Å². The average molecular weight is 283 g/mol. The van der Waals surface area contributed by atoms with E-state index in [1.165, 1.54) is 4.90 Å². The molecule has 8 nitrogen and oxygen atoms in total. The largest absolute Gasteiger partial charge is 0.481 e. The highest BCUT2D eigenvalue weighted by Crippen LogP contribution is 2.20. The van der Waals surface area contributed by atoms with Crippen LogP contribution in [0.15, 0.2) is 0 Å². The predicted molar refractivity (Wildman–Crippen MR) is 66.7 cm³/mol. The van der Waals surface area contributed by atoms with E-state index in [0.29, 0.717) is 13.0 Å². The smallest absolute Gasteiger partial charge is 0.318 e. The summed E-state index contributed by atoms with van der Waals surface area (Å²) >= 11 is 0. The predicted octanol–water partition coefficient (Wildman–Crippen LogP) is -0.560. The summed E-state index contributed by atoms with van der Waals surface area (Å²) in [7, 11) is 0. The Hall–Kier alpha value is -2.12. The summed E-state index contributed by atoms with van der Waals surface area (Å²) in [5.41, 5.74) is 0. The number of aliphatic carboxylic acids is 1. The molecule has 0 aromatic heterocycles. The van der Waals surface area contributed by atoms with Crippen LogP contribution in [0.1, 0.15) is 32.1 Å². The molecule has 2 atom stereocenters. The number of amides is 4. The van der Waals surface area contributed by atoms with Crippen LogP contribution in [0.4, 0.5) is 4.79 Å². The average Bonchev–Trinajstić information content (AvgIpc) is 2.80. The van der Waals surface area contributed by atoms with Crippen LogP contribution in [0.3, 0.4) is 0 Å². The molecule has 2 aliphatic rings. The molecule has 0 radical (unpaired) electrons. The van der Waals surface area contributed by atoms with Gasteiger partial charge in [0, 0.05) is 19.0 Å². The first-order valence-electron chi connectivity index (χ1n) is 6.60. The van der Waals surface area contributed by atoms with Crippen molar-refractivity contribution < 1.29 is 24.3 Å². The molecule has 20 heavy (non-hydrogen) atoms. The molecule has 2 heterocycles. The van der Waals surface area contributed by atoms with Crippen molar-refractivity contribution in [3.63, 3.8) is 0 Å². The Bertz CT molecular complexity index is 450. The van der Waals surface area contributed by atoms with E-state index in [4.69, 9.17) is 5.11 Å². The van der Waals surface area contributed by atoms with Crippen LogP contribution in [-0.2, 0) is 14.4 Å². The number of imide groups is 1. The number of carboxylic acid groups (broad SMARTS) is 1. The Morgan fingerprint density at radius 2 is 2.10 bits per heavy atom. The number of carbonyl (C=O) groups excluding carboxylic acids is 3. The standard InChI is InChI=1S/C12H17N3O5/c16-9-4-3-8(11(19)14-9)13-12(20)15-5-1-2-7(15)6-10(17)18/h7-8H,1-6H2,(H,13,20)(H,17,18)(H,14,16,19). The van der Waals surface area contributed by atoms with Crippen molar-refractivity contribution in [2.24, 2.45) is 0 Å². The molecule has 2 fully saturated rings. The summed E-state index contributed by atoms with van der Waals surface area (Å²) in [4.78, 5) is 46.9. The summed E-state index contributed by atoms with van der Waals surface area (Å²) in [6.07, 6.45) is 1.77. The second kappa shape index (κ2) is 5.89. The zero-order valence-electron chi connectivity index (χ0n) is 10.9. The van der Waals surface area contributed by atoms with E-state index in [9.17, 15) is 19.2 Å². The van der Waals surface area contributed by atoms with Gasteiger partial charge in [0.1, 0.15) is 6.04 Å². The first kappa shape index (κ1) is 14.3. The van der Waals surface area contributed by atoms with Crippen molar-refractivity contribution in [1.29, 1.82) is 0 Å². The number of likely N-dealkylation sites (tertiary alicyclic amines) is 1. The third-order valence-corrected chi connectivity index (χ3v) is 3.59. The van der Waals surface area contributed by atoms with E-state index >= 15 is 0 Å². The lowest BCUT2D eigenvalue weighted by Crippen LogP contribution is -2.55. The minimum absolute atomic E-state index is 0.0945. The Balaban J connectivity index is 1.92. The summed E-state index contributed by atoms with van der Waals surface area (Å²) in [5.74, 6) is -1.80. The van der Waals surface area contributed by atoms with Gasteiger partial charge in [-0.25, -0.2) is 4.79 Å². The number of carboxylic acids is 1. The molecule has 2 rings (SSSR count). The summed E-state index contributed by atoms with van der Waals surface area (Å²) in [6, 6.07) is -1.50. The topological polar surface area (TPSA) is 116 Å². The summed E-state index contributed by atoms with van der Waals surface area (Å²) < 4.78 is 0. The highest BCUT2D eigenvalue weighted by molar-refractivity contribution is 6.01. The number of hydrogen-bond donors (Lipinski definition) is 3. The van der Waals surface area contributed by atoms with Gasteiger partial charge in [-0.2, -0.15) is 0 Å². The number of hydrogen-bond acceptors (Lipinski definition) is 4. The molecule has 3 N–H and O–H groups in total. The molecule has 0 aromatic carbocycles. The molecule has 8 heteroatoms. The van der Waals surface area contributed by atoms with E-state index in [2.05, 4.69) is 10.6 Å². The van der Waals surface area contributed by atoms with Gasteiger partial charge in [-0.1, -0.05) is 0 Å². The minimum atomic E-state index is -0.948. The first-order valence-corrected chi connectivity index (χ1v) is 6.60. The fraction of sp³-hybridized carbons (Fsp3) is 0.667. The minimum Gasteiger partial charge on any atom is -0.481 e. The highest BCUT2D eigenvalue weighted by Gasteiger charge is 2.34. The molecule has 2 saturated heterocycles. The Kier molecular flexibility index (Phi) is 4.21. The van der Waals surface area contributed by atoms with Crippen LogP contribution in [0.2, 0.25) is 0 Å². The van der Waals surface area contributed by atoms with Gasteiger partial charge in [0.2, 0.25) is 11.8 Å². The van der Waals surface area contributed by atoms with Gasteiger partial charge in [-0.05, 0) is 19.3 Å². The molecule has 110 valence electrons. The maximum Gasteiger partial charge on any atom is 0.318 e. The van der Waals surface area contributed by atoms with Gasteiger partial charge in [0.25, 0.3) is 0 Å². The molecule has 0 saturated carbocycles. The maximum atomic E-state index is 12.1. The second-order valence-corrected chi connectivity index (χ2v) is 5.04. The van der Waals surface area contributed by atoms with Crippen molar-refractivity contribution in [2.45, 2.75) is 44.2 Å². The van der Waals surface area contributed by atoms with Crippen molar-refractivity contribution in [1.82, 2.24) is 15.5 Å². The van der Waals surface area contributed by atoms with Gasteiger partial charge >= 0.3 is 12.0 Å². The van der Waals surface area contributed by atoms with Crippen LogP contribution >= 0.6 is 0 Å². The fourth-order valence-corrected chi connectivity index (χ4v) is 2.58. The van der Waals surface area contributed by atoms with Crippen LogP contribution in [0, 0.1) is 0 Å². The number of piperidine rings is 1. The van der Waals surface area contributed by atoms with Crippen molar-refractivity contribution in [2.75, 3.05) is 6.54 Å². The Morgan fingerprint density at radius 3 is 2.75 bits per heavy atom. The third kappa shape index (κ3) is 3.25. The normalized spacial score (nSPS) is 26.3. The first-order chi connectivity index (χ1) is 9.47. The van der Waals surface area contributed by atoms with Gasteiger partial charge in [0.05, 0.1) is 6.42 Å². The van der Waals surface area contributed by atoms with Gasteiger partial charge in [0.15, 0.2) is 0 Å². The zero-order valence-corrected chi connectivity index (χ0v) is 10.9. The summed E-state index contributed by atoms with van der Waals surface area (Å²) in [6.45, 7) is 0.483. The fourth-order valence-electron chi connectivity index (χ4n) is 2.58. The van der Waals surface area contributed by atoms with Crippen LogP contribution in [0.5, 0.6) is 0 Å². The van der Waals surface area contributed by atoms with Crippen LogP contribution < -0.4 is 10.6 Å². The SMILES string of the molecule is O=C(O)CC1CCCN1C(=O)NC1CCC(=O)NC1=O. The lowest BCUT2D eigenvalue weighted by molar-refractivity contribution is -0.138. The maximum absolute atomic E-state index is 12.1. The van der Waals surface area contributed by atoms with E-state index < -0.39 is 23.9 Å². The van der Waals surface area contributed by atoms with E-state index in [-0.39, 0.29) is 31.2 Å². The molecule has 0 spiro atoms. The van der Waals surface area contributed by atoms with Crippen LogP contribution in [-0.4, -0.2) is 52.4 Å². The monoisotopic (exact) mass is 283 g/mol. The van der Waals surface area contributed by atoms with Gasteiger partial charge in [-0.15, -0.1) is 0 Å². The molecule has 0 aromatic rings. The summed E-state index contributed by atoms with van der Waals surface area (Å²) in [5, 5.41) is 13.5. The molecule has 0 aliphatic carbocycles. The van der Waals surface area contributed by atoms with Crippen molar-refractivity contribution in [3.8, 4) is 0 Å². The molecular weight excluding hydrogens is 266 g/mol. The molecule has 0 bridgehead atoms. The highest BCUT2D eigenvalue weighted by atomic mass is 16.4. The number of nitrogens with zero attached hydrogens (tertiary/aromatic N) is 1. The lowest BCUT2D eigenvalue weighted by Gasteiger charge is -2.28. The molecule has 2 unspecified atom stereocenters. The van der Waals surface area contributed by atoms with Crippen molar-refractivity contribution >= 4 is 23.8 Å². The molecule has 2 aliphatic heterocycles. The third-order valence-electron chi connectivity index (χ3n) is 3.59. The van der Waals surface area contributed by atoms with E-state index in [1.54, 1.807) is 0 Å². The number of rotatable bonds is 3. The van der Waals surface area contributed by atoms with Gasteiger partial charge < -0.3 is 15.3 Å².